The lowest BCUT2D eigenvalue weighted by Crippen LogP contribution is -2.49. The number of ether oxygens (including phenoxy) is 1. The number of hydrogen-bond acceptors (Lipinski definition) is 5. The maximum atomic E-state index is 13.8. The third-order valence-electron chi connectivity index (χ3n) is 8.52. The highest BCUT2D eigenvalue weighted by Gasteiger charge is 2.67. The molecule has 2 saturated carbocycles. The maximum absolute atomic E-state index is 13.8. The molecule has 38 heavy (non-hydrogen) atoms. The Kier molecular flexibility index (Phi) is 6.17. The van der Waals surface area contributed by atoms with Crippen molar-refractivity contribution in [3.8, 4) is 0 Å². The molecule has 2 aromatic carbocycles. The van der Waals surface area contributed by atoms with E-state index in [-0.39, 0.29) is 47.8 Å². The quantitative estimate of drug-likeness (QED) is 0.327. The van der Waals surface area contributed by atoms with Gasteiger partial charge < -0.3 is 10.1 Å². The lowest BCUT2D eigenvalue weighted by atomic mass is 9.63. The van der Waals surface area contributed by atoms with Gasteiger partial charge >= 0.3 is 5.97 Å². The molecular formula is C31H32N2O5. The van der Waals surface area contributed by atoms with E-state index in [2.05, 4.69) is 17.5 Å². The number of anilines is 1. The zero-order chi connectivity index (χ0) is 26.6. The van der Waals surface area contributed by atoms with Gasteiger partial charge in [-0.2, -0.15) is 0 Å². The van der Waals surface area contributed by atoms with Crippen LogP contribution < -0.4 is 5.32 Å². The lowest BCUT2D eigenvalue weighted by Gasteiger charge is -2.37. The Labute approximate surface area is 222 Å². The maximum Gasteiger partial charge on any atom is 0.338 e. The number of likely N-dealkylation sites (tertiary alicyclic amines) is 1. The van der Waals surface area contributed by atoms with Crippen LogP contribution in [0.5, 0.6) is 0 Å². The molecule has 0 unspecified atom stereocenters. The van der Waals surface area contributed by atoms with Gasteiger partial charge in [-0.3, -0.25) is 19.3 Å². The van der Waals surface area contributed by atoms with Crippen LogP contribution in [-0.4, -0.2) is 41.2 Å². The van der Waals surface area contributed by atoms with Gasteiger partial charge in [0.15, 0.2) is 0 Å². The molecule has 3 amide bonds. The first-order valence-electron chi connectivity index (χ1n) is 13.5. The first kappa shape index (κ1) is 24.6. The second-order valence-electron chi connectivity index (χ2n) is 11.5. The summed E-state index contributed by atoms with van der Waals surface area (Å²) in [5, 5.41) is 2.88. The van der Waals surface area contributed by atoms with Crippen molar-refractivity contribution in [2.75, 3.05) is 11.9 Å². The summed E-state index contributed by atoms with van der Waals surface area (Å²) in [7, 11) is 0. The van der Waals surface area contributed by atoms with Gasteiger partial charge in [0.1, 0.15) is 6.04 Å². The van der Waals surface area contributed by atoms with Gasteiger partial charge in [0.2, 0.25) is 17.7 Å². The minimum Gasteiger partial charge on any atom is -0.462 e. The van der Waals surface area contributed by atoms with Crippen LogP contribution >= 0.6 is 0 Å². The summed E-state index contributed by atoms with van der Waals surface area (Å²) < 4.78 is 5.27. The largest absolute Gasteiger partial charge is 0.462 e. The molecule has 7 nitrogen and oxygen atoms in total. The molecular weight excluding hydrogens is 480 g/mol. The van der Waals surface area contributed by atoms with Crippen molar-refractivity contribution >= 4 is 29.4 Å². The van der Waals surface area contributed by atoms with E-state index in [0.29, 0.717) is 29.7 Å². The first-order chi connectivity index (χ1) is 18.3. The fraction of sp³-hybridized carbons (Fsp3) is 0.419. The van der Waals surface area contributed by atoms with Crippen molar-refractivity contribution in [3.63, 3.8) is 0 Å². The van der Waals surface area contributed by atoms with E-state index in [1.807, 2.05) is 44.2 Å². The second kappa shape index (κ2) is 9.53. The summed E-state index contributed by atoms with van der Waals surface area (Å²) in [5.74, 6) is -0.578. The molecule has 4 aliphatic carbocycles. The van der Waals surface area contributed by atoms with Crippen LogP contribution in [-0.2, 0) is 25.5 Å². The number of rotatable bonds is 8. The van der Waals surface area contributed by atoms with Gasteiger partial charge in [-0.05, 0) is 65.8 Å². The smallest absolute Gasteiger partial charge is 0.338 e. The average Bonchev–Trinajstić information content (AvgIpc) is 3.70. The lowest BCUT2D eigenvalue weighted by molar-refractivity contribution is -0.146. The van der Waals surface area contributed by atoms with Crippen molar-refractivity contribution in [3.05, 3.63) is 77.9 Å². The molecule has 0 aromatic heterocycles. The number of carbonyl (C=O) groups is 4. The van der Waals surface area contributed by atoms with Crippen LogP contribution in [0.1, 0.15) is 36.2 Å². The summed E-state index contributed by atoms with van der Waals surface area (Å²) in [4.78, 5) is 54.7. The molecule has 7 atom stereocenters. The molecule has 1 N–H and O–H groups in total. The topological polar surface area (TPSA) is 92.8 Å². The highest BCUT2D eigenvalue weighted by molar-refractivity contribution is 6.10. The van der Waals surface area contributed by atoms with Crippen molar-refractivity contribution in [2.24, 2.45) is 41.4 Å². The van der Waals surface area contributed by atoms with Crippen molar-refractivity contribution in [2.45, 2.75) is 32.7 Å². The fourth-order valence-corrected chi connectivity index (χ4v) is 6.67. The molecule has 1 saturated heterocycles. The number of imide groups is 1. The average molecular weight is 513 g/mol. The SMILES string of the molecule is CC(C)COC(=O)c1ccc(NC(=O)[C@H](Cc2ccccc2)N2C(=O)[C@@H]3[C@H]4C=C[C@@H]([C@@H]5C[C@@H]45)[C@H]3C2=O)cc1. The normalized spacial score (nSPS) is 29.2. The summed E-state index contributed by atoms with van der Waals surface area (Å²) in [6.07, 6.45) is 5.59. The molecule has 0 spiro atoms. The molecule has 7 heteroatoms. The number of hydrogen-bond donors (Lipinski definition) is 1. The minimum atomic E-state index is -0.964. The molecule has 5 aliphatic rings. The number of carbonyl (C=O) groups excluding carboxylic acids is 4. The molecule has 7 rings (SSSR count). The highest BCUT2D eigenvalue weighted by Crippen LogP contribution is 2.65. The molecule has 2 bridgehead atoms. The Morgan fingerprint density at radius 1 is 0.921 bits per heavy atom. The van der Waals surface area contributed by atoms with Crippen LogP contribution in [0.25, 0.3) is 0 Å². The summed E-state index contributed by atoms with van der Waals surface area (Å²) in [6.45, 7) is 4.26. The Balaban J connectivity index is 1.23. The molecule has 1 aliphatic heterocycles. The van der Waals surface area contributed by atoms with E-state index in [1.165, 1.54) is 4.90 Å². The monoisotopic (exact) mass is 512 g/mol. The third-order valence-corrected chi connectivity index (χ3v) is 8.52. The van der Waals surface area contributed by atoms with E-state index < -0.39 is 17.9 Å². The van der Waals surface area contributed by atoms with E-state index in [0.717, 1.165) is 12.0 Å². The summed E-state index contributed by atoms with van der Waals surface area (Å²) in [5.41, 5.74) is 1.74. The Morgan fingerprint density at radius 3 is 2.11 bits per heavy atom. The van der Waals surface area contributed by atoms with Crippen molar-refractivity contribution in [1.82, 2.24) is 4.90 Å². The third kappa shape index (κ3) is 4.24. The van der Waals surface area contributed by atoms with Gasteiger partial charge in [0.25, 0.3) is 0 Å². The minimum absolute atomic E-state index is 0.0971. The van der Waals surface area contributed by atoms with Gasteiger partial charge in [-0.25, -0.2) is 4.79 Å². The zero-order valence-corrected chi connectivity index (χ0v) is 21.6. The van der Waals surface area contributed by atoms with E-state index >= 15 is 0 Å². The second-order valence-corrected chi connectivity index (χ2v) is 11.5. The zero-order valence-electron chi connectivity index (χ0n) is 21.6. The van der Waals surface area contributed by atoms with Gasteiger partial charge in [0.05, 0.1) is 24.0 Å². The number of benzene rings is 2. The number of nitrogens with zero attached hydrogens (tertiary/aromatic N) is 1. The Hall–Kier alpha value is -3.74. The van der Waals surface area contributed by atoms with Crippen molar-refractivity contribution in [1.29, 1.82) is 0 Å². The Morgan fingerprint density at radius 2 is 1.53 bits per heavy atom. The first-order valence-corrected chi connectivity index (χ1v) is 13.5. The van der Waals surface area contributed by atoms with Crippen LogP contribution in [0.2, 0.25) is 0 Å². The number of nitrogens with one attached hydrogen (secondary N) is 1. The molecule has 196 valence electrons. The van der Waals surface area contributed by atoms with Gasteiger partial charge in [0, 0.05) is 12.1 Å². The summed E-state index contributed by atoms with van der Waals surface area (Å²) in [6, 6.07) is 15.0. The van der Waals surface area contributed by atoms with Gasteiger partial charge in [-0.15, -0.1) is 0 Å². The molecule has 3 fully saturated rings. The number of amides is 3. The summed E-state index contributed by atoms with van der Waals surface area (Å²) >= 11 is 0. The molecule has 1 heterocycles. The van der Waals surface area contributed by atoms with E-state index in [1.54, 1.807) is 24.3 Å². The van der Waals surface area contributed by atoms with E-state index in [4.69, 9.17) is 4.74 Å². The van der Waals surface area contributed by atoms with Crippen LogP contribution in [0, 0.1) is 41.4 Å². The standard InChI is InChI=1S/C31H32N2O5/c1-17(2)16-38-31(37)19-8-10-20(11-9-19)32-28(34)25(14-18-6-4-3-5-7-18)33-29(35)26-21-12-13-22(24-15-23(21)24)27(26)30(33)36/h3-13,17,21-27H,14-16H2,1-2H3,(H,32,34)/t21-,22-,23-,24-,25-,26+,27+/m0/s1. The highest BCUT2D eigenvalue weighted by atomic mass is 16.5. The van der Waals surface area contributed by atoms with Crippen LogP contribution in [0.4, 0.5) is 5.69 Å². The number of esters is 1. The fourth-order valence-electron chi connectivity index (χ4n) is 6.67. The van der Waals surface area contributed by atoms with E-state index in [9.17, 15) is 19.2 Å². The van der Waals surface area contributed by atoms with Crippen LogP contribution in [0.15, 0.2) is 66.7 Å². The molecule has 2 aromatic rings. The van der Waals surface area contributed by atoms with Crippen molar-refractivity contribution < 1.29 is 23.9 Å². The predicted molar refractivity (Wildman–Crippen MR) is 141 cm³/mol. The Bertz CT molecular complexity index is 1270. The number of allylic oxidation sites excluding steroid dienone is 2. The van der Waals surface area contributed by atoms with Gasteiger partial charge in [-0.1, -0.05) is 56.3 Å². The predicted octanol–water partition coefficient (Wildman–Crippen LogP) is 4.10. The van der Waals surface area contributed by atoms with Crippen LogP contribution in [0.3, 0.4) is 0 Å². The molecule has 0 radical (unpaired) electrons.